The molecule has 0 fully saturated rings. The lowest BCUT2D eigenvalue weighted by Crippen LogP contribution is -2.31. The van der Waals surface area contributed by atoms with Crippen molar-refractivity contribution in [3.05, 3.63) is 35.1 Å². The van der Waals surface area contributed by atoms with E-state index in [0.717, 1.165) is 6.07 Å². The third kappa shape index (κ3) is 2.94. The molecule has 2 N–H and O–H groups in total. The molecule has 0 heterocycles. The molecule has 0 aliphatic heterocycles. The second kappa shape index (κ2) is 4.20. The summed E-state index contributed by atoms with van der Waals surface area (Å²) in [6, 6.07) is 1.32. The highest BCUT2D eigenvalue weighted by Crippen LogP contribution is 2.20. The Morgan fingerprint density at radius 2 is 1.67 bits per heavy atom. The first-order valence-corrected chi connectivity index (χ1v) is 4.37. The van der Waals surface area contributed by atoms with Crippen LogP contribution in [0.1, 0.15) is 19.4 Å². The molecule has 0 spiro atoms. The van der Waals surface area contributed by atoms with Gasteiger partial charge < -0.3 is 0 Å². The van der Waals surface area contributed by atoms with Crippen LogP contribution in [0.4, 0.5) is 13.2 Å². The van der Waals surface area contributed by atoms with Gasteiger partial charge in [0.1, 0.15) is 5.82 Å². The van der Waals surface area contributed by atoms with Gasteiger partial charge in [-0.15, -0.1) is 0 Å². The monoisotopic (exact) mass is 219 g/mol. The van der Waals surface area contributed by atoms with Gasteiger partial charge in [-0.2, -0.15) is 0 Å². The molecule has 1 aromatic carbocycles. The first-order chi connectivity index (χ1) is 6.85. The largest absolute Gasteiger partial charge is 0.298 e. The van der Waals surface area contributed by atoms with Gasteiger partial charge in [0.05, 0.1) is 5.60 Å². The average molecular weight is 219 g/mol. The summed E-state index contributed by atoms with van der Waals surface area (Å²) in [6.45, 7) is 3.24. The maximum atomic E-state index is 13.2. The Balaban J connectivity index is 3.01. The summed E-state index contributed by atoms with van der Waals surface area (Å²) in [5, 5.41) is 0. The fraction of sp³-hybridized carbons (Fsp3) is 0.400. The van der Waals surface area contributed by atoms with Crippen LogP contribution in [-0.2, 0) is 11.3 Å². The fourth-order valence-electron chi connectivity index (χ4n) is 1.20. The van der Waals surface area contributed by atoms with Gasteiger partial charge in [-0.05, 0) is 25.5 Å². The molecule has 0 amide bonds. The number of hydrogen-bond acceptors (Lipinski definition) is 2. The Hall–Kier alpha value is -1.07. The number of rotatable bonds is 3. The second-order valence-electron chi connectivity index (χ2n) is 3.91. The first kappa shape index (κ1) is 12.0. The third-order valence-electron chi connectivity index (χ3n) is 2.02. The SMILES string of the molecule is CC(C)(Cc1cc(F)c(F)cc1F)ON. The van der Waals surface area contributed by atoms with Crippen LogP contribution in [0.25, 0.3) is 0 Å². The zero-order valence-electron chi connectivity index (χ0n) is 8.48. The minimum absolute atomic E-state index is 0.0318. The molecule has 0 bridgehead atoms. The van der Waals surface area contributed by atoms with Gasteiger partial charge in [0.2, 0.25) is 0 Å². The van der Waals surface area contributed by atoms with Gasteiger partial charge in [0.25, 0.3) is 0 Å². The maximum Gasteiger partial charge on any atom is 0.161 e. The van der Waals surface area contributed by atoms with Gasteiger partial charge in [-0.3, -0.25) is 4.84 Å². The van der Waals surface area contributed by atoms with Crippen molar-refractivity contribution < 1.29 is 18.0 Å². The Labute approximate surface area is 85.8 Å². The zero-order chi connectivity index (χ0) is 11.6. The highest BCUT2D eigenvalue weighted by atomic mass is 19.2. The van der Waals surface area contributed by atoms with Gasteiger partial charge >= 0.3 is 0 Å². The lowest BCUT2D eigenvalue weighted by molar-refractivity contribution is -0.0193. The molecule has 1 rings (SSSR count). The summed E-state index contributed by atoms with van der Waals surface area (Å²) >= 11 is 0. The number of hydrogen-bond donors (Lipinski definition) is 1. The van der Waals surface area contributed by atoms with Crippen molar-refractivity contribution in [1.82, 2.24) is 0 Å². The van der Waals surface area contributed by atoms with Crippen LogP contribution in [0.15, 0.2) is 12.1 Å². The fourth-order valence-corrected chi connectivity index (χ4v) is 1.20. The molecule has 5 heteroatoms. The lowest BCUT2D eigenvalue weighted by Gasteiger charge is -2.21. The number of nitrogens with two attached hydrogens (primary N) is 1. The summed E-state index contributed by atoms with van der Waals surface area (Å²) in [5.41, 5.74) is -0.796. The van der Waals surface area contributed by atoms with Crippen molar-refractivity contribution in [2.75, 3.05) is 0 Å². The van der Waals surface area contributed by atoms with Gasteiger partial charge in [-0.25, -0.2) is 19.1 Å². The van der Waals surface area contributed by atoms with Crippen LogP contribution < -0.4 is 5.90 Å². The summed E-state index contributed by atoms with van der Waals surface area (Å²) in [6.07, 6.45) is 0.0620. The molecular weight excluding hydrogens is 207 g/mol. The molecule has 0 aliphatic carbocycles. The van der Waals surface area contributed by atoms with Crippen molar-refractivity contribution in [3.63, 3.8) is 0 Å². The van der Waals surface area contributed by atoms with E-state index in [9.17, 15) is 13.2 Å². The zero-order valence-corrected chi connectivity index (χ0v) is 8.48. The van der Waals surface area contributed by atoms with Crippen molar-refractivity contribution >= 4 is 0 Å². The Bertz CT molecular complexity index is 366. The average Bonchev–Trinajstić information content (AvgIpc) is 2.14. The van der Waals surface area contributed by atoms with Crippen molar-refractivity contribution in [1.29, 1.82) is 0 Å². The van der Waals surface area contributed by atoms with E-state index in [4.69, 9.17) is 5.90 Å². The van der Waals surface area contributed by atoms with E-state index in [1.165, 1.54) is 0 Å². The summed E-state index contributed by atoms with van der Waals surface area (Å²) in [4.78, 5) is 4.58. The van der Waals surface area contributed by atoms with E-state index in [1.807, 2.05) is 0 Å². The molecule has 0 radical (unpaired) electrons. The van der Waals surface area contributed by atoms with E-state index < -0.39 is 23.1 Å². The van der Waals surface area contributed by atoms with Gasteiger partial charge in [0, 0.05) is 12.5 Å². The number of halogens is 3. The predicted molar refractivity (Wildman–Crippen MR) is 49.4 cm³/mol. The maximum absolute atomic E-state index is 13.2. The molecule has 0 aromatic heterocycles. The molecule has 1 aromatic rings. The van der Waals surface area contributed by atoms with E-state index in [-0.39, 0.29) is 12.0 Å². The van der Waals surface area contributed by atoms with E-state index in [1.54, 1.807) is 13.8 Å². The van der Waals surface area contributed by atoms with Crippen molar-refractivity contribution in [2.45, 2.75) is 25.9 Å². The van der Waals surface area contributed by atoms with Crippen LogP contribution >= 0.6 is 0 Å². The Morgan fingerprint density at radius 1 is 1.13 bits per heavy atom. The topological polar surface area (TPSA) is 35.2 Å². The van der Waals surface area contributed by atoms with Crippen LogP contribution in [0, 0.1) is 17.5 Å². The van der Waals surface area contributed by atoms with Crippen LogP contribution in [0.3, 0.4) is 0 Å². The van der Waals surface area contributed by atoms with Crippen LogP contribution in [0.5, 0.6) is 0 Å². The van der Waals surface area contributed by atoms with E-state index in [0.29, 0.717) is 6.07 Å². The molecule has 2 nitrogen and oxygen atoms in total. The number of benzene rings is 1. The van der Waals surface area contributed by atoms with Crippen LogP contribution in [-0.4, -0.2) is 5.60 Å². The summed E-state index contributed by atoms with van der Waals surface area (Å²) in [7, 11) is 0. The van der Waals surface area contributed by atoms with E-state index in [2.05, 4.69) is 4.84 Å². The minimum atomic E-state index is -1.21. The summed E-state index contributed by atoms with van der Waals surface area (Å²) < 4.78 is 38.6. The Morgan fingerprint density at radius 3 is 2.20 bits per heavy atom. The molecule has 15 heavy (non-hydrogen) atoms. The van der Waals surface area contributed by atoms with Gasteiger partial charge in [-0.1, -0.05) is 0 Å². The summed E-state index contributed by atoms with van der Waals surface area (Å²) in [5.74, 6) is 1.89. The normalized spacial score (nSPS) is 11.9. The highest BCUT2D eigenvalue weighted by molar-refractivity contribution is 5.21. The minimum Gasteiger partial charge on any atom is -0.298 e. The molecule has 0 aliphatic rings. The molecule has 0 unspecified atom stereocenters. The lowest BCUT2D eigenvalue weighted by atomic mass is 9.98. The first-order valence-electron chi connectivity index (χ1n) is 4.37. The standard InChI is InChI=1S/C10H12F3NO/c1-10(2,15-14)5-6-3-8(12)9(13)4-7(6)11/h3-4H,5,14H2,1-2H3. The molecule has 84 valence electrons. The molecular formula is C10H12F3NO. The second-order valence-corrected chi connectivity index (χ2v) is 3.91. The Kier molecular flexibility index (Phi) is 3.36. The van der Waals surface area contributed by atoms with Crippen molar-refractivity contribution in [2.24, 2.45) is 5.90 Å². The molecule has 0 saturated carbocycles. The third-order valence-corrected chi connectivity index (χ3v) is 2.02. The quantitative estimate of drug-likeness (QED) is 0.625. The smallest absolute Gasteiger partial charge is 0.161 e. The molecule has 0 saturated heterocycles. The van der Waals surface area contributed by atoms with Gasteiger partial charge in [0.15, 0.2) is 11.6 Å². The van der Waals surface area contributed by atoms with Crippen molar-refractivity contribution in [3.8, 4) is 0 Å². The highest BCUT2D eigenvalue weighted by Gasteiger charge is 2.21. The predicted octanol–water partition coefficient (Wildman–Crippen LogP) is 2.32. The van der Waals surface area contributed by atoms with E-state index >= 15 is 0 Å². The van der Waals surface area contributed by atoms with Crippen LogP contribution in [0.2, 0.25) is 0 Å². The molecule has 0 atom stereocenters.